The second-order valence-electron chi connectivity index (χ2n) is 6.57. The highest BCUT2D eigenvalue weighted by atomic mass is 16.5. The van der Waals surface area contributed by atoms with Crippen molar-refractivity contribution >= 4 is 17.5 Å². The maximum atomic E-state index is 12.6. The van der Waals surface area contributed by atoms with E-state index in [9.17, 15) is 4.79 Å². The summed E-state index contributed by atoms with van der Waals surface area (Å²) < 4.78 is 5.19. The minimum atomic E-state index is -0.245. The highest BCUT2D eigenvalue weighted by molar-refractivity contribution is 6.03. The fourth-order valence-corrected chi connectivity index (χ4v) is 3.08. The van der Waals surface area contributed by atoms with Crippen LogP contribution in [0.15, 0.2) is 30.3 Å². The third kappa shape index (κ3) is 4.26. The summed E-state index contributed by atoms with van der Waals surface area (Å²) in [5.41, 5.74) is 1.84. The lowest BCUT2D eigenvalue weighted by molar-refractivity contribution is 0.102. The zero-order valence-corrected chi connectivity index (χ0v) is 15.0. The van der Waals surface area contributed by atoms with Gasteiger partial charge in [-0.25, -0.2) is 9.97 Å². The Morgan fingerprint density at radius 1 is 1.32 bits per heavy atom. The van der Waals surface area contributed by atoms with Crippen LogP contribution in [0.1, 0.15) is 35.9 Å². The van der Waals surface area contributed by atoms with E-state index in [4.69, 9.17) is 4.74 Å². The van der Waals surface area contributed by atoms with E-state index in [0.29, 0.717) is 29.0 Å². The molecule has 2 heterocycles. The molecule has 0 spiro atoms. The predicted octanol–water partition coefficient (Wildman–Crippen LogP) is 3.28. The zero-order chi connectivity index (χ0) is 17.8. The van der Waals surface area contributed by atoms with Gasteiger partial charge in [0.25, 0.3) is 5.91 Å². The van der Waals surface area contributed by atoms with Crippen LogP contribution in [0.2, 0.25) is 0 Å². The molecule has 1 unspecified atom stereocenters. The fraction of sp³-hybridized carbons (Fsp3) is 0.421. The van der Waals surface area contributed by atoms with Gasteiger partial charge in [-0.1, -0.05) is 13.0 Å². The number of nitrogens with zero attached hydrogens (tertiary/aromatic N) is 3. The molecule has 0 saturated carbocycles. The summed E-state index contributed by atoms with van der Waals surface area (Å²) in [5.74, 6) is 1.71. The largest absolute Gasteiger partial charge is 0.497 e. The molecule has 1 amide bonds. The number of amides is 1. The number of piperidine rings is 1. The number of carbonyl (C=O) groups excluding carboxylic acids is 1. The van der Waals surface area contributed by atoms with E-state index in [0.717, 1.165) is 25.2 Å². The van der Waals surface area contributed by atoms with Gasteiger partial charge in [0.1, 0.15) is 11.4 Å². The number of methoxy groups -OCH3 is 1. The first-order valence-corrected chi connectivity index (χ1v) is 8.61. The Balaban J connectivity index is 1.80. The molecular formula is C19H24N4O2. The normalized spacial score (nSPS) is 17.2. The first kappa shape index (κ1) is 17.2. The molecule has 2 aromatic rings. The average molecular weight is 340 g/mol. The first-order chi connectivity index (χ1) is 12.0. The number of carbonyl (C=O) groups is 1. The van der Waals surface area contributed by atoms with Crippen molar-refractivity contribution in [2.75, 3.05) is 30.4 Å². The minimum absolute atomic E-state index is 0.245. The monoisotopic (exact) mass is 340 g/mol. The van der Waals surface area contributed by atoms with E-state index in [1.54, 1.807) is 19.2 Å². The van der Waals surface area contributed by atoms with Crippen molar-refractivity contribution in [3.05, 3.63) is 41.7 Å². The molecule has 6 heteroatoms. The van der Waals surface area contributed by atoms with Gasteiger partial charge in [0, 0.05) is 30.5 Å². The fourth-order valence-electron chi connectivity index (χ4n) is 3.08. The Bertz CT molecular complexity index is 763. The maximum Gasteiger partial charge on any atom is 0.274 e. The lowest BCUT2D eigenvalue weighted by Crippen LogP contribution is -2.36. The van der Waals surface area contributed by atoms with E-state index in [1.807, 2.05) is 25.1 Å². The van der Waals surface area contributed by atoms with Gasteiger partial charge >= 0.3 is 0 Å². The summed E-state index contributed by atoms with van der Waals surface area (Å²) in [6.07, 6.45) is 2.36. The Hall–Kier alpha value is -2.63. The molecule has 0 radical (unpaired) electrons. The molecule has 1 aromatic carbocycles. The Morgan fingerprint density at radius 2 is 2.16 bits per heavy atom. The third-order valence-electron chi connectivity index (χ3n) is 4.34. The van der Waals surface area contributed by atoms with Crippen LogP contribution in [0.4, 0.5) is 11.6 Å². The summed E-state index contributed by atoms with van der Waals surface area (Å²) in [7, 11) is 1.60. The van der Waals surface area contributed by atoms with Gasteiger partial charge in [-0.3, -0.25) is 4.79 Å². The number of benzene rings is 1. The van der Waals surface area contributed by atoms with Crippen molar-refractivity contribution in [2.24, 2.45) is 5.92 Å². The van der Waals surface area contributed by atoms with E-state index in [-0.39, 0.29) is 5.91 Å². The lowest BCUT2D eigenvalue weighted by Gasteiger charge is -2.31. The summed E-state index contributed by atoms with van der Waals surface area (Å²) in [4.78, 5) is 23.8. The summed E-state index contributed by atoms with van der Waals surface area (Å²) in [6, 6.07) is 8.98. The van der Waals surface area contributed by atoms with Crippen molar-refractivity contribution in [3.8, 4) is 5.75 Å². The highest BCUT2D eigenvalue weighted by Crippen LogP contribution is 2.21. The van der Waals surface area contributed by atoms with Crippen molar-refractivity contribution in [2.45, 2.75) is 26.7 Å². The minimum Gasteiger partial charge on any atom is -0.497 e. The molecule has 6 nitrogen and oxygen atoms in total. The zero-order valence-electron chi connectivity index (χ0n) is 15.0. The molecule has 1 saturated heterocycles. The Kier molecular flexibility index (Phi) is 5.16. The van der Waals surface area contributed by atoms with Gasteiger partial charge < -0.3 is 15.0 Å². The summed E-state index contributed by atoms with van der Waals surface area (Å²) in [6.45, 7) is 5.99. The predicted molar refractivity (Wildman–Crippen MR) is 98.3 cm³/mol. The van der Waals surface area contributed by atoms with Gasteiger partial charge in [-0.2, -0.15) is 0 Å². The summed E-state index contributed by atoms with van der Waals surface area (Å²) in [5, 5.41) is 2.87. The number of rotatable bonds is 4. The number of nitrogens with one attached hydrogen (secondary N) is 1. The Morgan fingerprint density at radius 3 is 2.92 bits per heavy atom. The van der Waals surface area contributed by atoms with Crippen molar-refractivity contribution < 1.29 is 9.53 Å². The molecule has 132 valence electrons. The molecule has 1 fully saturated rings. The summed E-state index contributed by atoms with van der Waals surface area (Å²) >= 11 is 0. The van der Waals surface area contributed by atoms with E-state index < -0.39 is 0 Å². The molecule has 0 bridgehead atoms. The van der Waals surface area contributed by atoms with E-state index >= 15 is 0 Å². The van der Waals surface area contributed by atoms with Crippen LogP contribution < -0.4 is 15.0 Å². The maximum absolute atomic E-state index is 12.6. The third-order valence-corrected chi connectivity index (χ3v) is 4.34. The number of aromatic nitrogens is 2. The molecule has 1 N–H and O–H groups in total. The second-order valence-corrected chi connectivity index (χ2v) is 6.57. The molecule has 1 aliphatic heterocycles. The standard InChI is InChI=1S/C19H24N4O2/c1-13-6-5-9-23(12-13)19-20-14(2)10-17(22-19)18(24)21-15-7-4-8-16(11-15)25-3/h4,7-8,10-11,13H,5-6,9,12H2,1-3H3,(H,21,24). The number of hydrogen-bond acceptors (Lipinski definition) is 5. The molecule has 1 atom stereocenters. The van der Waals surface area contributed by atoms with Gasteiger partial charge in [0.2, 0.25) is 5.95 Å². The Labute approximate surface area is 148 Å². The van der Waals surface area contributed by atoms with Gasteiger partial charge in [0.05, 0.1) is 7.11 Å². The molecule has 0 aliphatic carbocycles. The lowest BCUT2D eigenvalue weighted by atomic mass is 10.0. The van der Waals surface area contributed by atoms with Crippen LogP contribution in [-0.4, -0.2) is 36.1 Å². The number of aryl methyl sites for hydroxylation is 1. The van der Waals surface area contributed by atoms with Gasteiger partial charge in [-0.05, 0) is 43.9 Å². The average Bonchev–Trinajstić information content (AvgIpc) is 2.61. The van der Waals surface area contributed by atoms with Crippen LogP contribution in [0.5, 0.6) is 5.75 Å². The topological polar surface area (TPSA) is 67.3 Å². The van der Waals surface area contributed by atoms with Gasteiger partial charge in [0.15, 0.2) is 0 Å². The SMILES string of the molecule is COc1cccc(NC(=O)c2cc(C)nc(N3CCCC(C)C3)n2)c1. The van der Waals surface area contributed by atoms with Crippen LogP contribution in [0.3, 0.4) is 0 Å². The number of hydrogen-bond donors (Lipinski definition) is 1. The molecule has 1 aromatic heterocycles. The van der Waals surface area contributed by atoms with Gasteiger partial charge in [-0.15, -0.1) is 0 Å². The first-order valence-electron chi connectivity index (χ1n) is 8.61. The second kappa shape index (κ2) is 7.51. The molecular weight excluding hydrogens is 316 g/mol. The van der Waals surface area contributed by atoms with Crippen molar-refractivity contribution in [3.63, 3.8) is 0 Å². The van der Waals surface area contributed by atoms with E-state index in [2.05, 4.69) is 27.1 Å². The van der Waals surface area contributed by atoms with Crippen LogP contribution in [0, 0.1) is 12.8 Å². The van der Waals surface area contributed by atoms with Crippen molar-refractivity contribution in [1.29, 1.82) is 0 Å². The van der Waals surface area contributed by atoms with E-state index in [1.165, 1.54) is 6.42 Å². The molecule has 3 rings (SSSR count). The highest BCUT2D eigenvalue weighted by Gasteiger charge is 2.20. The number of anilines is 2. The number of ether oxygens (including phenoxy) is 1. The van der Waals surface area contributed by atoms with Crippen LogP contribution >= 0.6 is 0 Å². The van der Waals surface area contributed by atoms with Crippen LogP contribution in [0.25, 0.3) is 0 Å². The quantitative estimate of drug-likeness (QED) is 0.925. The molecule has 1 aliphatic rings. The van der Waals surface area contributed by atoms with Crippen molar-refractivity contribution in [1.82, 2.24) is 9.97 Å². The molecule has 25 heavy (non-hydrogen) atoms. The smallest absolute Gasteiger partial charge is 0.274 e. The van der Waals surface area contributed by atoms with Crippen LogP contribution in [-0.2, 0) is 0 Å².